The number of amides is 4. The van der Waals surface area contributed by atoms with Gasteiger partial charge < -0.3 is 45.0 Å². The number of fused-ring (bicyclic) bond motifs is 6. The maximum absolute atomic E-state index is 14.0. The van der Waals surface area contributed by atoms with Crippen LogP contribution in [0.1, 0.15) is 117 Å². The number of aromatic nitrogens is 4. The highest BCUT2D eigenvalue weighted by atomic mass is 16.5. The van der Waals surface area contributed by atoms with Gasteiger partial charge in [0, 0.05) is 23.0 Å². The zero-order valence-corrected chi connectivity index (χ0v) is 38.0. The number of alkyl carbamates (subject to hydrolysis) is 1. The van der Waals surface area contributed by atoms with E-state index in [4.69, 9.17) is 19.4 Å². The van der Waals surface area contributed by atoms with Crippen LogP contribution in [0.3, 0.4) is 0 Å². The lowest BCUT2D eigenvalue weighted by atomic mass is 9.92. The molecule has 2 saturated heterocycles. The summed E-state index contributed by atoms with van der Waals surface area (Å²) in [6, 6.07) is 12.3. The van der Waals surface area contributed by atoms with Gasteiger partial charge >= 0.3 is 12.2 Å². The van der Waals surface area contributed by atoms with Crippen molar-refractivity contribution >= 4 is 45.8 Å². The summed E-state index contributed by atoms with van der Waals surface area (Å²) >= 11 is 0. The standard InChI is InChI=1S/C44H52N8O7.C4H9/c1-21(2)36(49-43(55)56)41(53)51-23(5)8-14-33(51)39-45-19-32(47-39)26-10-12-28-27(16-26)20-59-35-18-29-25(17-30(28)35)11-13-31-38(29)48-40(46-31)34-15-9-24(6)52(34)42(54)37(22(3)4)50-44(57)58-7;1-4(2)3/h10-13,16-19,21-24,33-34,36-37,49H,8-9,14-15,20H2,1-7H3,(H,45,47)(H,46,48)(H,50,57)(H,55,56);1-3H3/t23-,24?,33-,34-,36-,37-;/m0./s1. The van der Waals surface area contributed by atoms with E-state index in [1.807, 2.05) is 52.5 Å². The monoisotopic (exact) mass is 861 g/mol. The quantitative estimate of drug-likeness (QED) is 0.0961. The molecule has 5 heterocycles. The number of H-pyrrole nitrogens is 2. The lowest BCUT2D eigenvalue weighted by molar-refractivity contribution is -0.138. The van der Waals surface area contributed by atoms with Crippen molar-refractivity contribution in [1.29, 1.82) is 0 Å². The first-order valence-corrected chi connectivity index (χ1v) is 22.0. The Kier molecular flexibility index (Phi) is 13.1. The third kappa shape index (κ3) is 9.05. The minimum absolute atomic E-state index is 0.0288. The van der Waals surface area contributed by atoms with Gasteiger partial charge in [0.25, 0.3) is 0 Å². The number of likely N-dealkylation sites (tertiary alicyclic amines) is 2. The molecule has 335 valence electrons. The van der Waals surface area contributed by atoms with Crippen LogP contribution in [0.2, 0.25) is 0 Å². The molecule has 3 aromatic carbocycles. The van der Waals surface area contributed by atoms with Gasteiger partial charge in [-0.3, -0.25) is 9.59 Å². The first-order chi connectivity index (χ1) is 30.0. The molecule has 3 aliphatic rings. The second-order valence-electron chi connectivity index (χ2n) is 18.4. The Morgan fingerprint density at radius 3 is 2.03 bits per heavy atom. The number of aromatic amines is 2. The Labute approximate surface area is 368 Å². The molecule has 0 saturated carbocycles. The first-order valence-electron chi connectivity index (χ1n) is 22.0. The summed E-state index contributed by atoms with van der Waals surface area (Å²) in [6.07, 6.45) is 3.00. The van der Waals surface area contributed by atoms with E-state index >= 15 is 0 Å². The molecule has 0 spiro atoms. The van der Waals surface area contributed by atoms with Crippen molar-refractivity contribution in [2.75, 3.05) is 7.11 Å². The molecular weight excluding hydrogens is 801 g/mol. The van der Waals surface area contributed by atoms with Gasteiger partial charge in [-0.1, -0.05) is 66.7 Å². The number of nitrogens with zero attached hydrogens (tertiary/aromatic N) is 4. The topological polar surface area (TPSA) is 195 Å². The molecule has 0 aliphatic carbocycles. The number of carboxylic acid groups (broad SMARTS) is 1. The Bertz CT molecular complexity index is 2510. The van der Waals surface area contributed by atoms with E-state index in [0.29, 0.717) is 18.3 Å². The number of imidazole rings is 2. The lowest BCUT2D eigenvalue weighted by Crippen LogP contribution is -2.52. The van der Waals surface area contributed by atoms with Gasteiger partial charge in [-0.25, -0.2) is 19.6 Å². The van der Waals surface area contributed by atoms with Crippen molar-refractivity contribution in [2.45, 2.75) is 131 Å². The second-order valence-corrected chi connectivity index (χ2v) is 18.4. The average Bonchev–Trinajstić information content (AvgIpc) is 4.06. The molecule has 1 radical (unpaired) electrons. The van der Waals surface area contributed by atoms with Crippen molar-refractivity contribution in [1.82, 2.24) is 40.4 Å². The fraction of sp³-hybridized carbons (Fsp3) is 0.479. The molecule has 2 fully saturated rings. The van der Waals surface area contributed by atoms with Crippen LogP contribution in [0, 0.1) is 17.8 Å². The number of rotatable bonds is 9. The molecule has 63 heavy (non-hydrogen) atoms. The van der Waals surface area contributed by atoms with Crippen LogP contribution in [0.25, 0.3) is 44.2 Å². The third-order valence-corrected chi connectivity index (χ3v) is 12.4. The van der Waals surface area contributed by atoms with Crippen LogP contribution < -0.4 is 15.4 Å². The highest BCUT2D eigenvalue weighted by Crippen LogP contribution is 2.44. The predicted molar refractivity (Wildman–Crippen MR) is 242 cm³/mol. The summed E-state index contributed by atoms with van der Waals surface area (Å²) < 4.78 is 11.2. The van der Waals surface area contributed by atoms with E-state index in [9.17, 15) is 24.3 Å². The average molecular weight is 862 g/mol. The Morgan fingerprint density at radius 1 is 0.810 bits per heavy atom. The fourth-order valence-corrected chi connectivity index (χ4v) is 9.21. The van der Waals surface area contributed by atoms with Crippen LogP contribution in [0.4, 0.5) is 9.59 Å². The summed E-state index contributed by atoms with van der Waals surface area (Å²) in [7, 11) is 1.29. The van der Waals surface area contributed by atoms with E-state index in [1.165, 1.54) is 13.0 Å². The van der Waals surface area contributed by atoms with Gasteiger partial charge in [0.15, 0.2) is 0 Å². The minimum atomic E-state index is -1.22. The van der Waals surface area contributed by atoms with E-state index in [1.54, 1.807) is 11.1 Å². The Hall–Kier alpha value is -6.12. The van der Waals surface area contributed by atoms with Crippen molar-refractivity contribution in [3.8, 4) is 28.1 Å². The molecule has 2 aromatic heterocycles. The molecule has 8 rings (SSSR count). The summed E-state index contributed by atoms with van der Waals surface area (Å²) in [5.74, 6) is 2.82. The van der Waals surface area contributed by atoms with Gasteiger partial charge in [-0.2, -0.15) is 0 Å². The molecule has 4 amide bonds. The maximum Gasteiger partial charge on any atom is 0.407 e. The number of nitrogens with one attached hydrogen (secondary N) is 4. The first kappa shape index (κ1) is 44.9. The number of carbonyl (C=O) groups is 4. The highest BCUT2D eigenvalue weighted by Gasteiger charge is 2.43. The maximum atomic E-state index is 14.0. The zero-order chi connectivity index (χ0) is 45.4. The fourth-order valence-electron chi connectivity index (χ4n) is 9.21. The molecule has 0 bridgehead atoms. The lowest BCUT2D eigenvalue weighted by Gasteiger charge is -2.32. The summed E-state index contributed by atoms with van der Waals surface area (Å²) in [5, 5.41) is 16.5. The number of methoxy groups -OCH3 is 1. The van der Waals surface area contributed by atoms with E-state index in [2.05, 4.69) is 77.8 Å². The van der Waals surface area contributed by atoms with Gasteiger partial charge in [-0.15, -0.1) is 0 Å². The molecule has 5 aromatic rings. The molecular formula is C48H61N8O7. The van der Waals surface area contributed by atoms with Crippen LogP contribution in [-0.4, -0.2) is 90.1 Å². The number of carbonyl (C=O) groups excluding carboxylic acids is 3. The number of ether oxygens (including phenoxy) is 2. The highest BCUT2D eigenvalue weighted by molar-refractivity contribution is 6.07. The van der Waals surface area contributed by atoms with Crippen LogP contribution in [-0.2, 0) is 20.9 Å². The zero-order valence-electron chi connectivity index (χ0n) is 38.0. The molecule has 15 nitrogen and oxygen atoms in total. The molecule has 3 aliphatic heterocycles. The van der Waals surface area contributed by atoms with Crippen molar-refractivity contribution < 1.29 is 33.8 Å². The van der Waals surface area contributed by atoms with Gasteiger partial charge in [-0.05, 0) is 104 Å². The van der Waals surface area contributed by atoms with Crippen LogP contribution in [0.5, 0.6) is 5.75 Å². The molecule has 6 atom stereocenters. The number of hydrogen-bond donors (Lipinski definition) is 5. The molecule has 1 unspecified atom stereocenters. The normalized spacial score (nSPS) is 20.3. The van der Waals surface area contributed by atoms with Crippen LogP contribution >= 0.6 is 0 Å². The summed E-state index contributed by atoms with van der Waals surface area (Å²) in [5.41, 5.74) is 6.51. The smallest absolute Gasteiger partial charge is 0.407 e. The van der Waals surface area contributed by atoms with Crippen molar-refractivity contribution in [2.24, 2.45) is 11.8 Å². The van der Waals surface area contributed by atoms with E-state index < -0.39 is 24.3 Å². The van der Waals surface area contributed by atoms with E-state index in [-0.39, 0.29) is 47.8 Å². The van der Waals surface area contributed by atoms with Crippen molar-refractivity contribution in [3.63, 3.8) is 0 Å². The Morgan fingerprint density at radius 2 is 1.43 bits per heavy atom. The molecule has 5 N–H and O–H groups in total. The van der Waals surface area contributed by atoms with E-state index in [0.717, 1.165) is 81.2 Å². The third-order valence-electron chi connectivity index (χ3n) is 12.4. The predicted octanol–water partition coefficient (Wildman–Crippen LogP) is 9.06. The second kappa shape index (κ2) is 18.3. The summed E-state index contributed by atoms with van der Waals surface area (Å²) in [4.78, 5) is 71.7. The van der Waals surface area contributed by atoms with Gasteiger partial charge in [0.05, 0.1) is 42.1 Å². The largest absolute Gasteiger partial charge is 0.488 e. The summed E-state index contributed by atoms with van der Waals surface area (Å²) in [6.45, 7) is 18.1. The Balaban J connectivity index is 0.00000143. The number of benzene rings is 3. The van der Waals surface area contributed by atoms with Gasteiger partial charge in [0.2, 0.25) is 11.8 Å². The number of hydrogen-bond acceptors (Lipinski definition) is 8. The van der Waals surface area contributed by atoms with Crippen molar-refractivity contribution in [3.05, 3.63) is 71.8 Å². The van der Waals surface area contributed by atoms with Crippen LogP contribution in [0.15, 0.2) is 48.7 Å². The van der Waals surface area contributed by atoms with Gasteiger partial charge in [0.1, 0.15) is 36.1 Å². The minimum Gasteiger partial charge on any atom is -0.488 e. The SMILES string of the molecule is COC(=O)N[C@H](C(=O)N1C(C)CC[C@H]1c1nc2ccc3cc4c(cc3c2[nH]1)OCc1cc(-c2cnc([C@@H]3CC[C@H](C)N3C(=O)[C@@H](NC(=O)O)C(C)C)[nH]2)ccc1-4)C(C)C.C[C](C)C. The molecule has 15 heteroatoms.